The Balaban J connectivity index is 2.44. The minimum Gasteiger partial charge on any atom is -0.479 e. The maximum absolute atomic E-state index is 10.5. The number of carboxylic acids is 1. The average Bonchev–Trinajstić information content (AvgIpc) is 2.20. The standard InChI is InChI=1S/C10H13NO3/c11-14-9(10(12)13)7-6-8-4-2-1-3-5-8/h1-5,9H,6-7,11H2,(H,12,13). The van der Waals surface area contributed by atoms with E-state index >= 15 is 0 Å². The number of hydrogen-bond acceptors (Lipinski definition) is 3. The summed E-state index contributed by atoms with van der Waals surface area (Å²) in [4.78, 5) is 14.9. The number of carboxylic acid groups (broad SMARTS) is 1. The Kier molecular flexibility index (Phi) is 4.10. The van der Waals surface area contributed by atoms with Crippen molar-refractivity contribution in [2.45, 2.75) is 18.9 Å². The molecule has 0 heterocycles. The van der Waals surface area contributed by atoms with Crippen molar-refractivity contribution in [3.8, 4) is 0 Å². The van der Waals surface area contributed by atoms with Crippen LogP contribution in [0.3, 0.4) is 0 Å². The van der Waals surface area contributed by atoms with E-state index in [0.717, 1.165) is 5.56 Å². The molecular weight excluding hydrogens is 182 g/mol. The molecule has 0 aromatic heterocycles. The highest BCUT2D eigenvalue weighted by Gasteiger charge is 2.16. The van der Waals surface area contributed by atoms with Crippen LogP contribution in [-0.2, 0) is 16.1 Å². The van der Waals surface area contributed by atoms with E-state index in [1.807, 2.05) is 30.3 Å². The van der Waals surface area contributed by atoms with Gasteiger partial charge in [-0.2, -0.15) is 0 Å². The van der Waals surface area contributed by atoms with Crippen molar-refractivity contribution in [3.63, 3.8) is 0 Å². The van der Waals surface area contributed by atoms with Crippen molar-refractivity contribution in [1.29, 1.82) is 0 Å². The molecule has 0 saturated carbocycles. The van der Waals surface area contributed by atoms with Gasteiger partial charge < -0.3 is 5.11 Å². The zero-order valence-electron chi connectivity index (χ0n) is 7.72. The first kappa shape index (κ1) is 10.7. The van der Waals surface area contributed by atoms with E-state index in [1.54, 1.807) is 0 Å². The zero-order valence-corrected chi connectivity index (χ0v) is 7.72. The Morgan fingerprint density at radius 2 is 2.07 bits per heavy atom. The monoisotopic (exact) mass is 195 g/mol. The molecule has 1 atom stereocenters. The third-order valence-electron chi connectivity index (χ3n) is 1.98. The Labute approximate surface area is 82.3 Å². The van der Waals surface area contributed by atoms with Gasteiger partial charge in [0.2, 0.25) is 0 Å². The molecule has 0 bridgehead atoms. The van der Waals surface area contributed by atoms with Crippen LogP contribution in [0.25, 0.3) is 0 Å². The highest BCUT2D eigenvalue weighted by atomic mass is 16.6. The van der Waals surface area contributed by atoms with Gasteiger partial charge in [0.15, 0.2) is 6.10 Å². The van der Waals surface area contributed by atoms with Crippen LogP contribution < -0.4 is 5.90 Å². The van der Waals surface area contributed by atoms with E-state index in [1.165, 1.54) is 0 Å². The van der Waals surface area contributed by atoms with E-state index in [9.17, 15) is 4.79 Å². The van der Waals surface area contributed by atoms with Crippen LogP contribution in [0.5, 0.6) is 0 Å². The predicted octanol–water partition coefficient (Wildman–Crippen LogP) is 0.963. The van der Waals surface area contributed by atoms with Crippen molar-refractivity contribution in [3.05, 3.63) is 35.9 Å². The van der Waals surface area contributed by atoms with Gasteiger partial charge in [-0.05, 0) is 18.4 Å². The zero-order chi connectivity index (χ0) is 10.4. The molecule has 0 fully saturated rings. The summed E-state index contributed by atoms with van der Waals surface area (Å²) in [6, 6.07) is 9.62. The van der Waals surface area contributed by atoms with Gasteiger partial charge in [0.25, 0.3) is 0 Å². The SMILES string of the molecule is NOC(CCc1ccccc1)C(=O)O. The summed E-state index contributed by atoms with van der Waals surface area (Å²) in [5.41, 5.74) is 1.08. The van der Waals surface area contributed by atoms with E-state index < -0.39 is 12.1 Å². The maximum atomic E-state index is 10.5. The molecule has 0 radical (unpaired) electrons. The Bertz CT molecular complexity index is 287. The quantitative estimate of drug-likeness (QED) is 0.686. The second kappa shape index (κ2) is 5.36. The largest absolute Gasteiger partial charge is 0.479 e. The summed E-state index contributed by atoms with van der Waals surface area (Å²) in [6.07, 6.45) is 0.111. The summed E-state index contributed by atoms with van der Waals surface area (Å²) in [7, 11) is 0. The van der Waals surface area contributed by atoms with E-state index in [0.29, 0.717) is 12.8 Å². The number of benzene rings is 1. The third kappa shape index (κ3) is 3.16. The van der Waals surface area contributed by atoms with Gasteiger partial charge in [0.05, 0.1) is 0 Å². The highest BCUT2D eigenvalue weighted by molar-refractivity contribution is 5.72. The lowest BCUT2D eigenvalue weighted by molar-refractivity contribution is -0.151. The number of nitrogens with two attached hydrogens (primary N) is 1. The highest BCUT2D eigenvalue weighted by Crippen LogP contribution is 2.06. The molecule has 14 heavy (non-hydrogen) atoms. The first-order chi connectivity index (χ1) is 6.74. The molecule has 4 nitrogen and oxygen atoms in total. The first-order valence-corrected chi connectivity index (χ1v) is 4.36. The number of aliphatic carboxylic acids is 1. The fourth-order valence-electron chi connectivity index (χ4n) is 1.19. The van der Waals surface area contributed by atoms with Gasteiger partial charge in [-0.3, -0.25) is 4.84 Å². The van der Waals surface area contributed by atoms with Crippen LogP contribution in [0.15, 0.2) is 30.3 Å². The fourth-order valence-corrected chi connectivity index (χ4v) is 1.19. The second-order valence-electron chi connectivity index (χ2n) is 2.99. The minimum absolute atomic E-state index is 0.385. The lowest BCUT2D eigenvalue weighted by Crippen LogP contribution is -2.27. The second-order valence-corrected chi connectivity index (χ2v) is 2.99. The molecule has 3 N–H and O–H groups in total. The van der Waals surface area contributed by atoms with Crippen molar-refractivity contribution < 1.29 is 14.7 Å². The van der Waals surface area contributed by atoms with Crippen molar-refractivity contribution >= 4 is 5.97 Å². The minimum atomic E-state index is -1.02. The van der Waals surface area contributed by atoms with Crippen LogP contribution in [0.2, 0.25) is 0 Å². The first-order valence-electron chi connectivity index (χ1n) is 4.36. The number of carbonyl (C=O) groups is 1. The van der Waals surface area contributed by atoms with Crippen LogP contribution in [0, 0.1) is 0 Å². The number of aryl methyl sites for hydroxylation is 1. The topological polar surface area (TPSA) is 72.5 Å². The normalized spacial score (nSPS) is 12.4. The summed E-state index contributed by atoms with van der Waals surface area (Å²) in [5.74, 6) is 3.83. The van der Waals surface area contributed by atoms with Gasteiger partial charge in [0.1, 0.15) is 0 Å². The summed E-state index contributed by atoms with van der Waals surface area (Å²) >= 11 is 0. The smallest absolute Gasteiger partial charge is 0.334 e. The molecule has 0 amide bonds. The molecule has 1 aromatic carbocycles. The molecule has 76 valence electrons. The third-order valence-corrected chi connectivity index (χ3v) is 1.98. The predicted molar refractivity (Wildman–Crippen MR) is 51.5 cm³/mol. The lowest BCUT2D eigenvalue weighted by atomic mass is 10.1. The van der Waals surface area contributed by atoms with E-state index in [-0.39, 0.29) is 0 Å². The van der Waals surface area contributed by atoms with E-state index in [2.05, 4.69) is 4.84 Å². The molecule has 0 aliphatic carbocycles. The van der Waals surface area contributed by atoms with Gasteiger partial charge in [-0.25, -0.2) is 10.7 Å². The van der Waals surface area contributed by atoms with Crippen molar-refractivity contribution in [1.82, 2.24) is 0 Å². The summed E-state index contributed by atoms with van der Waals surface area (Å²) in [6.45, 7) is 0. The molecular formula is C10H13NO3. The van der Waals surface area contributed by atoms with Crippen LogP contribution in [-0.4, -0.2) is 17.2 Å². The summed E-state index contributed by atoms with van der Waals surface area (Å²) < 4.78 is 0. The number of hydrogen-bond donors (Lipinski definition) is 2. The number of rotatable bonds is 5. The maximum Gasteiger partial charge on any atom is 0.334 e. The average molecular weight is 195 g/mol. The Morgan fingerprint density at radius 1 is 1.43 bits per heavy atom. The molecule has 1 aromatic rings. The molecule has 0 saturated heterocycles. The van der Waals surface area contributed by atoms with Crippen LogP contribution in [0.1, 0.15) is 12.0 Å². The molecule has 4 heteroatoms. The van der Waals surface area contributed by atoms with Gasteiger partial charge >= 0.3 is 5.97 Å². The van der Waals surface area contributed by atoms with Gasteiger partial charge in [-0.15, -0.1) is 0 Å². The molecule has 0 spiro atoms. The van der Waals surface area contributed by atoms with Crippen molar-refractivity contribution in [2.24, 2.45) is 5.90 Å². The summed E-state index contributed by atoms with van der Waals surface area (Å²) in [5, 5.41) is 8.65. The molecule has 1 unspecified atom stereocenters. The molecule has 0 aliphatic rings. The Hall–Kier alpha value is -1.39. The van der Waals surface area contributed by atoms with Crippen molar-refractivity contribution in [2.75, 3.05) is 0 Å². The van der Waals surface area contributed by atoms with Gasteiger partial charge in [-0.1, -0.05) is 30.3 Å². The Morgan fingerprint density at radius 3 is 2.57 bits per heavy atom. The fraction of sp³-hybridized carbons (Fsp3) is 0.300. The molecule has 1 rings (SSSR count). The van der Waals surface area contributed by atoms with Gasteiger partial charge in [0, 0.05) is 0 Å². The molecule has 0 aliphatic heterocycles. The van der Waals surface area contributed by atoms with Crippen LogP contribution in [0.4, 0.5) is 0 Å². The van der Waals surface area contributed by atoms with E-state index in [4.69, 9.17) is 11.0 Å². The lowest BCUT2D eigenvalue weighted by Gasteiger charge is -2.08. The van der Waals surface area contributed by atoms with Crippen LogP contribution >= 0.6 is 0 Å².